The standard InChI is InChI=1S/C15H22F3NO2/c1-11(2)19-9-14(3,4)10-20-12-5-7-13(8-6-12)21-15(16,17)18/h5-8,11,19H,9-10H2,1-4H3. The summed E-state index contributed by atoms with van der Waals surface area (Å²) in [5, 5.41) is 3.33. The van der Waals surface area contributed by atoms with E-state index in [0.29, 0.717) is 18.4 Å². The minimum Gasteiger partial charge on any atom is -0.493 e. The van der Waals surface area contributed by atoms with Gasteiger partial charge >= 0.3 is 6.36 Å². The predicted octanol–water partition coefficient (Wildman–Crippen LogP) is 3.99. The van der Waals surface area contributed by atoms with Gasteiger partial charge in [-0.15, -0.1) is 13.2 Å². The second-order valence-electron chi connectivity index (χ2n) is 6.01. The van der Waals surface area contributed by atoms with Gasteiger partial charge in [0.1, 0.15) is 11.5 Å². The summed E-state index contributed by atoms with van der Waals surface area (Å²) >= 11 is 0. The fourth-order valence-electron chi connectivity index (χ4n) is 1.55. The minimum atomic E-state index is -4.67. The van der Waals surface area contributed by atoms with Crippen molar-refractivity contribution in [2.75, 3.05) is 13.2 Å². The maximum absolute atomic E-state index is 12.0. The molecule has 0 radical (unpaired) electrons. The van der Waals surface area contributed by atoms with Gasteiger partial charge in [-0.25, -0.2) is 0 Å². The van der Waals surface area contributed by atoms with E-state index in [1.807, 2.05) is 0 Å². The Labute approximate surface area is 123 Å². The van der Waals surface area contributed by atoms with Crippen molar-refractivity contribution < 1.29 is 22.6 Å². The zero-order valence-electron chi connectivity index (χ0n) is 12.8. The lowest BCUT2D eigenvalue weighted by Crippen LogP contribution is -2.37. The maximum atomic E-state index is 12.0. The highest BCUT2D eigenvalue weighted by atomic mass is 19.4. The molecule has 1 aromatic carbocycles. The molecule has 0 heterocycles. The number of alkyl halides is 3. The van der Waals surface area contributed by atoms with Gasteiger partial charge < -0.3 is 14.8 Å². The molecule has 0 aliphatic carbocycles. The van der Waals surface area contributed by atoms with E-state index in [0.717, 1.165) is 6.54 Å². The van der Waals surface area contributed by atoms with Crippen LogP contribution in [0.5, 0.6) is 11.5 Å². The fraction of sp³-hybridized carbons (Fsp3) is 0.600. The van der Waals surface area contributed by atoms with Gasteiger partial charge in [-0.05, 0) is 24.3 Å². The second kappa shape index (κ2) is 7.02. The Balaban J connectivity index is 2.49. The molecule has 0 unspecified atom stereocenters. The van der Waals surface area contributed by atoms with Crippen LogP contribution in [0, 0.1) is 5.41 Å². The Morgan fingerprint density at radius 1 is 1.05 bits per heavy atom. The first kappa shape index (κ1) is 17.6. The van der Waals surface area contributed by atoms with E-state index in [1.165, 1.54) is 24.3 Å². The highest BCUT2D eigenvalue weighted by molar-refractivity contribution is 5.31. The second-order valence-corrected chi connectivity index (χ2v) is 6.01. The third-order valence-corrected chi connectivity index (χ3v) is 2.68. The third-order valence-electron chi connectivity index (χ3n) is 2.68. The highest BCUT2D eigenvalue weighted by Crippen LogP contribution is 2.25. The molecule has 0 aromatic heterocycles. The molecule has 0 spiro atoms. The van der Waals surface area contributed by atoms with Crippen molar-refractivity contribution in [3.8, 4) is 11.5 Å². The summed E-state index contributed by atoms with van der Waals surface area (Å²) in [6.45, 7) is 9.51. The average Bonchev–Trinajstić information content (AvgIpc) is 2.34. The van der Waals surface area contributed by atoms with Gasteiger partial charge in [-0.1, -0.05) is 27.7 Å². The van der Waals surface area contributed by atoms with E-state index in [4.69, 9.17) is 4.74 Å². The van der Waals surface area contributed by atoms with E-state index in [-0.39, 0.29) is 11.2 Å². The van der Waals surface area contributed by atoms with Crippen LogP contribution in [0.25, 0.3) is 0 Å². The Morgan fingerprint density at radius 2 is 1.57 bits per heavy atom. The van der Waals surface area contributed by atoms with Crippen molar-refractivity contribution >= 4 is 0 Å². The van der Waals surface area contributed by atoms with Crippen LogP contribution in [0.4, 0.5) is 13.2 Å². The maximum Gasteiger partial charge on any atom is 0.573 e. The topological polar surface area (TPSA) is 30.5 Å². The highest BCUT2D eigenvalue weighted by Gasteiger charge is 2.31. The van der Waals surface area contributed by atoms with Gasteiger partial charge in [-0.2, -0.15) is 0 Å². The van der Waals surface area contributed by atoms with Gasteiger partial charge in [0.25, 0.3) is 0 Å². The Bertz CT molecular complexity index is 428. The Kier molecular flexibility index (Phi) is 5.89. The van der Waals surface area contributed by atoms with Crippen molar-refractivity contribution in [2.45, 2.75) is 40.1 Å². The largest absolute Gasteiger partial charge is 0.573 e. The molecule has 0 saturated heterocycles. The number of rotatable bonds is 7. The Hall–Kier alpha value is -1.43. The molecule has 1 N–H and O–H groups in total. The first-order valence-electron chi connectivity index (χ1n) is 6.79. The summed E-state index contributed by atoms with van der Waals surface area (Å²) in [7, 11) is 0. The first-order valence-corrected chi connectivity index (χ1v) is 6.79. The number of ether oxygens (including phenoxy) is 2. The van der Waals surface area contributed by atoms with Crippen LogP contribution < -0.4 is 14.8 Å². The van der Waals surface area contributed by atoms with E-state index < -0.39 is 6.36 Å². The number of hydrogen-bond acceptors (Lipinski definition) is 3. The zero-order chi connectivity index (χ0) is 16.1. The van der Waals surface area contributed by atoms with Crippen LogP contribution >= 0.6 is 0 Å². The first-order chi connectivity index (χ1) is 9.57. The molecule has 3 nitrogen and oxygen atoms in total. The molecule has 6 heteroatoms. The van der Waals surface area contributed by atoms with E-state index in [9.17, 15) is 13.2 Å². The normalized spacial score (nSPS) is 12.6. The lowest BCUT2D eigenvalue weighted by atomic mass is 9.94. The molecule has 21 heavy (non-hydrogen) atoms. The number of nitrogens with one attached hydrogen (secondary N) is 1. The molecule has 0 fully saturated rings. The molecule has 0 bridgehead atoms. The smallest absolute Gasteiger partial charge is 0.493 e. The zero-order valence-corrected chi connectivity index (χ0v) is 12.8. The van der Waals surface area contributed by atoms with Crippen LogP contribution in [0.2, 0.25) is 0 Å². The lowest BCUT2D eigenvalue weighted by molar-refractivity contribution is -0.274. The number of benzene rings is 1. The van der Waals surface area contributed by atoms with Gasteiger partial charge in [0, 0.05) is 18.0 Å². The number of hydrogen-bond donors (Lipinski definition) is 1. The summed E-state index contributed by atoms with van der Waals surface area (Å²) in [6, 6.07) is 5.80. The van der Waals surface area contributed by atoms with Crippen molar-refractivity contribution in [1.29, 1.82) is 0 Å². The van der Waals surface area contributed by atoms with Crippen LogP contribution in [0.3, 0.4) is 0 Å². The molecule has 0 amide bonds. The average molecular weight is 305 g/mol. The van der Waals surface area contributed by atoms with Crippen LogP contribution in [-0.4, -0.2) is 25.6 Å². The van der Waals surface area contributed by atoms with Crippen LogP contribution in [-0.2, 0) is 0 Å². The molecular weight excluding hydrogens is 283 g/mol. The Morgan fingerprint density at radius 3 is 2.05 bits per heavy atom. The van der Waals surface area contributed by atoms with E-state index in [1.54, 1.807) is 0 Å². The van der Waals surface area contributed by atoms with Crippen molar-refractivity contribution in [2.24, 2.45) is 5.41 Å². The van der Waals surface area contributed by atoms with Crippen LogP contribution in [0.15, 0.2) is 24.3 Å². The van der Waals surface area contributed by atoms with Crippen molar-refractivity contribution in [1.82, 2.24) is 5.32 Å². The minimum absolute atomic E-state index is 0.0780. The quantitative estimate of drug-likeness (QED) is 0.826. The molecule has 0 aliphatic rings. The molecular formula is C15H22F3NO2. The van der Waals surface area contributed by atoms with Crippen molar-refractivity contribution in [3.63, 3.8) is 0 Å². The summed E-state index contributed by atoms with van der Waals surface area (Å²) in [6.07, 6.45) is -4.67. The number of halogens is 3. The van der Waals surface area contributed by atoms with E-state index in [2.05, 4.69) is 37.7 Å². The molecule has 0 aliphatic heterocycles. The molecule has 0 saturated carbocycles. The summed E-state index contributed by atoms with van der Waals surface area (Å²) in [4.78, 5) is 0. The van der Waals surface area contributed by atoms with Gasteiger partial charge in [0.2, 0.25) is 0 Å². The van der Waals surface area contributed by atoms with Crippen molar-refractivity contribution in [3.05, 3.63) is 24.3 Å². The third kappa shape index (κ3) is 7.80. The summed E-state index contributed by atoms with van der Waals surface area (Å²) in [5.41, 5.74) is -0.0780. The SMILES string of the molecule is CC(C)NCC(C)(C)COc1ccc(OC(F)(F)F)cc1. The van der Waals surface area contributed by atoms with Gasteiger partial charge in [0.15, 0.2) is 0 Å². The lowest BCUT2D eigenvalue weighted by Gasteiger charge is -2.26. The predicted molar refractivity (Wildman–Crippen MR) is 75.5 cm³/mol. The monoisotopic (exact) mass is 305 g/mol. The van der Waals surface area contributed by atoms with Gasteiger partial charge in [-0.3, -0.25) is 0 Å². The van der Waals surface area contributed by atoms with Gasteiger partial charge in [0.05, 0.1) is 6.61 Å². The fourth-order valence-corrected chi connectivity index (χ4v) is 1.55. The van der Waals surface area contributed by atoms with E-state index >= 15 is 0 Å². The molecule has 1 rings (SSSR count). The summed E-state index contributed by atoms with van der Waals surface area (Å²) in [5.74, 6) is 0.262. The molecule has 1 aromatic rings. The molecule has 0 atom stereocenters. The molecule has 120 valence electrons. The van der Waals surface area contributed by atoms with Crippen LogP contribution in [0.1, 0.15) is 27.7 Å². The summed E-state index contributed by atoms with van der Waals surface area (Å²) < 4.78 is 45.5.